The number of carbonyl (C=O) groups excluding carboxylic acids is 1. The number of amides is 1. The normalized spacial score (nSPS) is 17.9. The Balaban J connectivity index is 1.65. The van der Waals surface area contributed by atoms with Crippen molar-refractivity contribution in [1.29, 1.82) is 0 Å². The molecule has 0 unspecified atom stereocenters. The van der Waals surface area contributed by atoms with Gasteiger partial charge in [0.1, 0.15) is 0 Å². The van der Waals surface area contributed by atoms with Gasteiger partial charge in [-0.25, -0.2) is 0 Å². The molecule has 21 heavy (non-hydrogen) atoms. The summed E-state index contributed by atoms with van der Waals surface area (Å²) in [5.41, 5.74) is 1.04. The van der Waals surface area contributed by atoms with E-state index >= 15 is 0 Å². The topological polar surface area (TPSA) is 64.4 Å². The number of carbonyl (C=O) groups is 1. The van der Waals surface area contributed by atoms with Crippen molar-refractivity contribution in [2.75, 3.05) is 13.2 Å². The summed E-state index contributed by atoms with van der Waals surface area (Å²) >= 11 is 5.93. The van der Waals surface area contributed by atoms with Crippen LogP contribution in [0.5, 0.6) is 0 Å². The molecule has 1 N–H and O–H groups in total. The molecule has 0 spiro atoms. The van der Waals surface area contributed by atoms with Gasteiger partial charge in [-0.05, 0) is 25.0 Å². The molecular weight excluding hydrogens is 292 g/mol. The molecule has 3 rings (SSSR count). The molecule has 1 aromatic carbocycles. The summed E-state index contributed by atoms with van der Waals surface area (Å²) in [6.45, 7) is 1.27. The van der Waals surface area contributed by atoms with Crippen LogP contribution in [0.4, 0.5) is 0 Å². The second-order valence-corrected chi connectivity index (χ2v) is 5.37. The molecule has 0 bridgehead atoms. The van der Waals surface area contributed by atoms with E-state index in [9.17, 15) is 4.79 Å². The Hall–Kier alpha value is -1.85. The third kappa shape index (κ3) is 3.43. The van der Waals surface area contributed by atoms with Crippen LogP contribution in [0.3, 0.4) is 0 Å². The lowest BCUT2D eigenvalue weighted by atomic mass is 10.1. The van der Waals surface area contributed by atoms with Crippen LogP contribution < -0.4 is 5.32 Å². The number of hydrogen-bond acceptors (Lipinski definition) is 4. The highest BCUT2D eigenvalue weighted by atomic mass is 35.5. The standard InChI is InChI=1S/C15H15ClN2O3/c16-11-4-1-3-10(7-11)14-8-13(18-21-14)15(19)17-9-12-5-2-6-20-12/h1,3-4,7-8,12H,2,5-6,9H2,(H,17,19)/t12-/m1/s1. The zero-order valence-corrected chi connectivity index (χ0v) is 12.1. The molecule has 110 valence electrons. The van der Waals surface area contributed by atoms with E-state index in [1.165, 1.54) is 0 Å². The van der Waals surface area contributed by atoms with Gasteiger partial charge in [0.05, 0.1) is 6.10 Å². The molecule has 0 saturated carbocycles. The largest absolute Gasteiger partial charge is 0.376 e. The zero-order chi connectivity index (χ0) is 14.7. The molecule has 1 atom stereocenters. The molecule has 1 aliphatic heterocycles. The van der Waals surface area contributed by atoms with E-state index in [0.29, 0.717) is 17.3 Å². The van der Waals surface area contributed by atoms with Crippen LogP contribution in [0.25, 0.3) is 11.3 Å². The average Bonchev–Trinajstić information content (AvgIpc) is 3.16. The van der Waals surface area contributed by atoms with Gasteiger partial charge in [0, 0.05) is 29.8 Å². The van der Waals surface area contributed by atoms with Crippen molar-refractivity contribution in [1.82, 2.24) is 10.5 Å². The highest BCUT2D eigenvalue weighted by Crippen LogP contribution is 2.23. The molecule has 1 fully saturated rings. The Kier molecular flexibility index (Phi) is 4.22. The molecule has 0 aliphatic carbocycles. The molecule has 1 saturated heterocycles. The average molecular weight is 307 g/mol. The minimum Gasteiger partial charge on any atom is -0.376 e. The quantitative estimate of drug-likeness (QED) is 0.943. The third-order valence-electron chi connectivity index (χ3n) is 3.37. The predicted octanol–water partition coefficient (Wildman–Crippen LogP) is 2.90. The van der Waals surface area contributed by atoms with Crippen molar-refractivity contribution < 1.29 is 14.1 Å². The Morgan fingerprint density at radius 3 is 3.10 bits per heavy atom. The second kappa shape index (κ2) is 6.28. The summed E-state index contributed by atoms with van der Waals surface area (Å²) in [4.78, 5) is 12.0. The summed E-state index contributed by atoms with van der Waals surface area (Å²) < 4.78 is 10.7. The van der Waals surface area contributed by atoms with Gasteiger partial charge in [-0.2, -0.15) is 0 Å². The molecule has 6 heteroatoms. The summed E-state index contributed by atoms with van der Waals surface area (Å²) in [5.74, 6) is 0.252. The lowest BCUT2D eigenvalue weighted by Crippen LogP contribution is -2.31. The fraction of sp³-hybridized carbons (Fsp3) is 0.333. The van der Waals surface area contributed by atoms with Gasteiger partial charge in [0.2, 0.25) is 0 Å². The minimum atomic E-state index is -0.262. The van der Waals surface area contributed by atoms with Crippen LogP contribution in [0, 0.1) is 0 Å². The van der Waals surface area contributed by atoms with E-state index in [1.807, 2.05) is 12.1 Å². The second-order valence-electron chi connectivity index (χ2n) is 4.93. The number of nitrogens with zero attached hydrogens (tertiary/aromatic N) is 1. The monoisotopic (exact) mass is 306 g/mol. The lowest BCUT2D eigenvalue weighted by molar-refractivity contribution is 0.0850. The Morgan fingerprint density at radius 1 is 1.43 bits per heavy atom. The fourth-order valence-corrected chi connectivity index (χ4v) is 2.45. The van der Waals surface area contributed by atoms with Crippen molar-refractivity contribution in [2.24, 2.45) is 0 Å². The molecule has 5 nitrogen and oxygen atoms in total. The Labute approximate surface area is 127 Å². The molecule has 1 amide bonds. The number of nitrogens with one attached hydrogen (secondary N) is 1. The number of ether oxygens (including phenoxy) is 1. The first kappa shape index (κ1) is 14.1. The maximum Gasteiger partial charge on any atom is 0.273 e. The number of benzene rings is 1. The maximum absolute atomic E-state index is 12.0. The molecule has 0 radical (unpaired) electrons. The van der Waals surface area contributed by atoms with E-state index in [1.54, 1.807) is 18.2 Å². The highest BCUT2D eigenvalue weighted by Gasteiger charge is 2.18. The number of aromatic nitrogens is 1. The first-order valence-electron chi connectivity index (χ1n) is 6.85. The van der Waals surface area contributed by atoms with Crippen molar-refractivity contribution in [3.8, 4) is 11.3 Å². The smallest absolute Gasteiger partial charge is 0.273 e. The lowest BCUT2D eigenvalue weighted by Gasteiger charge is -2.09. The van der Waals surface area contributed by atoms with Gasteiger partial charge in [-0.3, -0.25) is 4.79 Å². The first-order chi connectivity index (χ1) is 10.2. The van der Waals surface area contributed by atoms with E-state index in [2.05, 4.69) is 10.5 Å². The van der Waals surface area contributed by atoms with E-state index in [-0.39, 0.29) is 17.7 Å². The number of hydrogen-bond donors (Lipinski definition) is 1. The van der Waals surface area contributed by atoms with E-state index in [0.717, 1.165) is 25.0 Å². The molecular formula is C15H15ClN2O3. The van der Waals surface area contributed by atoms with Crippen molar-refractivity contribution in [2.45, 2.75) is 18.9 Å². The zero-order valence-electron chi connectivity index (χ0n) is 11.3. The SMILES string of the molecule is O=C(NC[C@H]1CCCO1)c1cc(-c2cccc(Cl)c2)on1. The predicted molar refractivity (Wildman–Crippen MR) is 78.3 cm³/mol. The van der Waals surface area contributed by atoms with E-state index in [4.69, 9.17) is 20.9 Å². The van der Waals surface area contributed by atoms with Crippen molar-refractivity contribution in [3.05, 3.63) is 41.0 Å². The van der Waals surface area contributed by atoms with Crippen LogP contribution >= 0.6 is 11.6 Å². The molecule has 1 aromatic heterocycles. The molecule has 2 heterocycles. The summed E-state index contributed by atoms with van der Waals surface area (Å²) in [6, 6.07) is 8.81. The number of halogens is 1. The van der Waals surface area contributed by atoms with E-state index < -0.39 is 0 Å². The molecule has 1 aliphatic rings. The van der Waals surface area contributed by atoms with Crippen LogP contribution in [0.15, 0.2) is 34.9 Å². The molecule has 2 aromatic rings. The minimum absolute atomic E-state index is 0.105. The van der Waals surface area contributed by atoms with Gasteiger partial charge in [-0.15, -0.1) is 0 Å². The highest BCUT2D eigenvalue weighted by molar-refractivity contribution is 6.30. The first-order valence-corrected chi connectivity index (χ1v) is 7.22. The summed E-state index contributed by atoms with van der Waals surface area (Å²) in [6.07, 6.45) is 2.13. The Morgan fingerprint density at radius 2 is 2.33 bits per heavy atom. The fourth-order valence-electron chi connectivity index (χ4n) is 2.26. The van der Waals surface area contributed by atoms with Gasteiger partial charge in [0.15, 0.2) is 11.5 Å². The van der Waals surface area contributed by atoms with Crippen molar-refractivity contribution in [3.63, 3.8) is 0 Å². The number of rotatable bonds is 4. The summed E-state index contributed by atoms with van der Waals surface area (Å²) in [7, 11) is 0. The van der Waals surface area contributed by atoms with Gasteiger partial charge >= 0.3 is 0 Å². The van der Waals surface area contributed by atoms with Gasteiger partial charge < -0.3 is 14.6 Å². The summed E-state index contributed by atoms with van der Waals surface area (Å²) in [5, 5.41) is 7.21. The van der Waals surface area contributed by atoms with Gasteiger partial charge in [0.25, 0.3) is 5.91 Å². The maximum atomic E-state index is 12.0. The third-order valence-corrected chi connectivity index (χ3v) is 3.60. The van der Waals surface area contributed by atoms with Crippen molar-refractivity contribution >= 4 is 17.5 Å². The van der Waals surface area contributed by atoms with Crippen LogP contribution in [-0.2, 0) is 4.74 Å². The van der Waals surface area contributed by atoms with Crippen LogP contribution in [0.2, 0.25) is 5.02 Å². The Bertz CT molecular complexity index is 635. The van der Waals surface area contributed by atoms with Crippen LogP contribution in [0.1, 0.15) is 23.3 Å². The van der Waals surface area contributed by atoms with Gasteiger partial charge in [-0.1, -0.05) is 28.9 Å². The van der Waals surface area contributed by atoms with Crippen LogP contribution in [-0.4, -0.2) is 30.3 Å².